The number of imidazole rings is 1. The van der Waals surface area contributed by atoms with E-state index in [1.807, 2.05) is 29.0 Å². The Hall–Kier alpha value is -1.42. The fourth-order valence-corrected chi connectivity index (χ4v) is 2.01. The zero-order valence-electron chi connectivity index (χ0n) is 8.14. The van der Waals surface area contributed by atoms with E-state index in [2.05, 4.69) is 20.9 Å². The van der Waals surface area contributed by atoms with Crippen molar-refractivity contribution in [2.45, 2.75) is 6.92 Å². The zero-order chi connectivity index (χ0) is 10.8. The third-order valence-electron chi connectivity index (χ3n) is 2.13. The van der Waals surface area contributed by atoms with Gasteiger partial charge >= 0.3 is 0 Å². The number of ketones is 1. The molecule has 0 fully saturated rings. The van der Waals surface area contributed by atoms with Crippen molar-refractivity contribution in [2.24, 2.45) is 0 Å². The summed E-state index contributed by atoms with van der Waals surface area (Å²) in [6, 6.07) is 5.60. The van der Waals surface area contributed by atoms with Gasteiger partial charge in [-0.2, -0.15) is 0 Å². The Kier molecular flexibility index (Phi) is 2.68. The van der Waals surface area contributed by atoms with E-state index >= 15 is 0 Å². The predicted octanol–water partition coefficient (Wildman–Crippen LogP) is 2.84. The van der Waals surface area contributed by atoms with E-state index in [1.165, 1.54) is 0 Å². The fourth-order valence-electron chi connectivity index (χ4n) is 1.36. The average molecular weight is 265 g/mol. The third kappa shape index (κ3) is 1.99. The number of carbonyl (C=O) groups excluding carboxylic acids is 1. The SMILES string of the molecule is CC(=O)c1ccc(-n2ccnc2)cc1Br. The minimum Gasteiger partial charge on any atom is -0.306 e. The molecule has 2 aromatic rings. The number of aromatic nitrogens is 2. The molecule has 3 nitrogen and oxygen atoms in total. The van der Waals surface area contributed by atoms with Crippen LogP contribution in [0.3, 0.4) is 0 Å². The summed E-state index contributed by atoms with van der Waals surface area (Å²) in [5.74, 6) is 0.0547. The first-order valence-electron chi connectivity index (χ1n) is 4.47. The van der Waals surface area contributed by atoms with E-state index in [9.17, 15) is 4.79 Å². The van der Waals surface area contributed by atoms with Gasteiger partial charge in [0.1, 0.15) is 0 Å². The summed E-state index contributed by atoms with van der Waals surface area (Å²) >= 11 is 3.38. The molecule has 1 aromatic heterocycles. The van der Waals surface area contributed by atoms with E-state index in [1.54, 1.807) is 19.4 Å². The van der Waals surface area contributed by atoms with Gasteiger partial charge < -0.3 is 4.57 Å². The Morgan fingerprint density at radius 2 is 2.27 bits per heavy atom. The van der Waals surface area contributed by atoms with Crippen molar-refractivity contribution in [2.75, 3.05) is 0 Å². The van der Waals surface area contributed by atoms with Crippen LogP contribution < -0.4 is 0 Å². The van der Waals surface area contributed by atoms with Gasteiger partial charge in [0, 0.05) is 28.1 Å². The number of rotatable bonds is 2. The maximum atomic E-state index is 11.2. The van der Waals surface area contributed by atoms with Gasteiger partial charge in [0.15, 0.2) is 5.78 Å². The van der Waals surface area contributed by atoms with Crippen molar-refractivity contribution in [1.29, 1.82) is 0 Å². The highest BCUT2D eigenvalue weighted by Gasteiger charge is 2.06. The lowest BCUT2D eigenvalue weighted by molar-refractivity contribution is 0.101. The van der Waals surface area contributed by atoms with Gasteiger partial charge in [-0.15, -0.1) is 0 Å². The summed E-state index contributed by atoms with van der Waals surface area (Å²) in [6.07, 6.45) is 5.29. The molecule has 1 aromatic carbocycles. The number of carbonyl (C=O) groups is 1. The number of hydrogen-bond donors (Lipinski definition) is 0. The van der Waals surface area contributed by atoms with Crippen LogP contribution >= 0.6 is 15.9 Å². The van der Waals surface area contributed by atoms with Crippen molar-refractivity contribution in [3.05, 3.63) is 47.0 Å². The van der Waals surface area contributed by atoms with Crippen molar-refractivity contribution >= 4 is 21.7 Å². The second-order valence-electron chi connectivity index (χ2n) is 3.19. The Morgan fingerprint density at radius 3 is 2.80 bits per heavy atom. The predicted molar refractivity (Wildman–Crippen MR) is 61.3 cm³/mol. The second kappa shape index (κ2) is 3.98. The molecule has 0 unspecified atom stereocenters. The highest BCUT2D eigenvalue weighted by atomic mass is 79.9. The number of halogens is 1. The van der Waals surface area contributed by atoms with Crippen LogP contribution in [-0.2, 0) is 0 Å². The third-order valence-corrected chi connectivity index (χ3v) is 2.79. The normalized spacial score (nSPS) is 10.3. The van der Waals surface area contributed by atoms with Gasteiger partial charge in [-0.1, -0.05) is 0 Å². The standard InChI is InChI=1S/C11H9BrN2O/c1-8(15)10-3-2-9(6-11(10)12)14-5-4-13-7-14/h2-7H,1H3. The molecule has 0 amide bonds. The zero-order valence-corrected chi connectivity index (χ0v) is 9.73. The number of Topliss-reactive ketones (excluding diaryl/α,β-unsaturated/α-hetero) is 1. The summed E-state index contributed by atoms with van der Waals surface area (Å²) in [5.41, 5.74) is 1.67. The van der Waals surface area contributed by atoms with Crippen LogP contribution in [0, 0.1) is 0 Å². The van der Waals surface area contributed by atoms with Gasteiger partial charge in [-0.25, -0.2) is 4.98 Å². The first kappa shape index (κ1) is 10.1. The molecular formula is C11H9BrN2O. The highest BCUT2D eigenvalue weighted by Crippen LogP contribution is 2.21. The van der Waals surface area contributed by atoms with E-state index in [0.717, 1.165) is 10.2 Å². The molecule has 1 heterocycles. The largest absolute Gasteiger partial charge is 0.306 e. The Bertz CT molecular complexity index is 491. The highest BCUT2D eigenvalue weighted by molar-refractivity contribution is 9.10. The Balaban J connectivity index is 2.47. The van der Waals surface area contributed by atoms with Gasteiger partial charge in [0.25, 0.3) is 0 Å². The van der Waals surface area contributed by atoms with Gasteiger partial charge in [0.05, 0.1) is 6.33 Å². The molecule has 15 heavy (non-hydrogen) atoms. The monoisotopic (exact) mass is 264 g/mol. The Labute approximate surface area is 95.9 Å². The van der Waals surface area contributed by atoms with Crippen molar-refractivity contribution in [3.8, 4) is 5.69 Å². The molecule has 0 atom stereocenters. The lowest BCUT2D eigenvalue weighted by Crippen LogP contribution is -1.96. The van der Waals surface area contributed by atoms with Crippen molar-refractivity contribution < 1.29 is 4.79 Å². The maximum absolute atomic E-state index is 11.2. The summed E-state index contributed by atoms with van der Waals surface area (Å²) in [4.78, 5) is 15.2. The molecule has 2 rings (SSSR count). The molecule has 0 saturated heterocycles. The topological polar surface area (TPSA) is 34.9 Å². The molecule has 4 heteroatoms. The van der Waals surface area contributed by atoms with Crippen LogP contribution in [0.1, 0.15) is 17.3 Å². The van der Waals surface area contributed by atoms with E-state index in [0.29, 0.717) is 5.56 Å². The number of nitrogens with zero attached hydrogens (tertiary/aromatic N) is 2. The van der Waals surface area contributed by atoms with Gasteiger partial charge in [-0.3, -0.25) is 4.79 Å². The molecule has 0 spiro atoms. The van der Waals surface area contributed by atoms with Gasteiger partial charge in [0.2, 0.25) is 0 Å². The van der Waals surface area contributed by atoms with Gasteiger partial charge in [-0.05, 0) is 41.1 Å². The minimum atomic E-state index is 0.0547. The lowest BCUT2D eigenvalue weighted by Gasteiger charge is -2.05. The number of hydrogen-bond acceptors (Lipinski definition) is 2. The summed E-state index contributed by atoms with van der Waals surface area (Å²) < 4.78 is 2.69. The van der Waals surface area contributed by atoms with Crippen LogP contribution in [0.5, 0.6) is 0 Å². The van der Waals surface area contributed by atoms with Crippen molar-refractivity contribution in [3.63, 3.8) is 0 Å². The molecule has 0 aliphatic heterocycles. The van der Waals surface area contributed by atoms with E-state index < -0.39 is 0 Å². The molecule has 0 saturated carbocycles. The molecule has 0 N–H and O–H groups in total. The van der Waals surface area contributed by atoms with Crippen LogP contribution in [0.2, 0.25) is 0 Å². The summed E-state index contributed by atoms with van der Waals surface area (Å²) in [6.45, 7) is 1.55. The van der Waals surface area contributed by atoms with E-state index in [4.69, 9.17) is 0 Å². The number of benzene rings is 1. The minimum absolute atomic E-state index is 0.0547. The second-order valence-corrected chi connectivity index (χ2v) is 4.04. The smallest absolute Gasteiger partial charge is 0.160 e. The maximum Gasteiger partial charge on any atom is 0.160 e. The molecule has 0 radical (unpaired) electrons. The fraction of sp³-hybridized carbons (Fsp3) is 0.0909. The first-order valence-corrected chi connectivity index (χ1v) is 5.26. The summed E-state index contributed by atoms with van der Waals surface area (Å²) in [5, 5.41) is 0. The molecule has 0 bridgehead atoms. The molecule has 76 valence electrons. The van der Waals surface area contributed by atoms with Crippen LogP contribution in [0.4, 0.5) is 0 Å². The first-order chi connectivity index (χ1) is 7.18. The van der Waals surface area contributed by atoms with Crippen LogP contribution in [0.15, 0.2) is 41.4 Å². The quantitative estimate of drug-likeness (QED) is 0.782. The average Bonchev–Trinajstić information content (AvgIpc) is 2.69. The van der Waals surface area contributed by atoms with Crippen molar-refractivity contribution in [1.82, 2.24) is 9.55 Å². The molecule has 0 aliphatic rings. The van der Waals surface area contributed by atoms with E-state index in [-0.39, 0.29) is 5.78 Å². The summed E-state index contributed by atoms with van der Waals surface area (Å²) in [7, 11) is 0. The lowest BCUT2D eigenvalue weighted by atomic mass is 10.1. The van der Waals surface area contributed by atoms with Crippen LogP contribution in [-0.4, -0.2) is 15.3 Å². The van der Waals surface area contributed by atoms with Crippen LogP contribution in [0.25, 0.3) is 5.69 Å². The molecule has 0 aliphatic carbocycles. The molecular weight excluding hydrogens is 256 g/mol. The Morgan fingerprint density at radius 1 is 1.47 bits per heavy atom.